The van der Waals surface area contributed by atoms with Crippen LogP contribution < -0.4 is 0 Å². The smallest absolute Gasteiger partial charge is 0.416 e. The maximum atomic E-state index is 13.2. The molecule has 3 aromatic rings. The van der Waals surface area contributed by atoms with Gasteiger partial charge in [0.1, 0.15) is 0 Å². The molecule has 2 atom stereocenters. The fraction of sp³-hybridized carbons (Fsp3) is 0.263. The Morgan fingerprint density at radius 2 is 1.96 bits per heavy atom. The molecular weight excluding hydrogens is 416 g/mol. The molecule has 1 aliphatic rings. The molecule has 146 valence electrons. The first-order chi connectivity index (χ1) is 13.1. The summed E-state index contributed by atoms with van der Waals surface area (Å²) < 4.78 is 41.0. The minimum atomic E-state index is -4.50. The quantitative estimate of drug-likeness (QED) is 0.588. The van der Waals surface area contributed by atoms with Crippen LogP contribution in [0, 0.1) is 5.92 Å². The van der Waals surface area contributed by atoms with Crippen molar-refractivity contribution < 1.29 is 23.1 Å². The fourth-order valence-corrected chi connectivity index (χ4v) is 3.82. The van der Waals surface area contributed by atoms with Gasteiger partial charge in [-0.1, -0.05) is 29.3 Å². The van der Waals surface area contributed by atoms with Gasteiger partial charge in [-0.15, -0.1) is 0 Å². The molecule has 1 aliphatic carbocycles. The lowest BCUT2D eigenvalue weighted by Crippen LogP contribution is -2.05. The van der Waals surface area contributed by atoms with E-state index >= 15 is 0 Å². The van der Waals surface area contributed by atoms with Gasteiger partial charge >= 0.3 is 12.1 Å². The van der Waals surface area contributed by atoms with Gasteiger partial charge in [0.2, 0.25) is 0 Å². The van der Waals surface area contributed by atoms with E-state index in [0.717, 1.165) is 12.1 Å². The molecule has 2 unspecified atom stereocenters. The Morgan fingerprint density at radius 3 is 2.57 bits per heavy atom. The molecule has 1 heterocycles. The number of carboxylic acid groups (broad SMARTS) is 1. The second-order valence-electron chi connectivity index (χ2n) is 6.80. The summed E-state index contributed by atoms with van der Waals surface area (Å²) in [7, 11) is 0. The summed E-state index contributed by atoms with van der Waals surface area (Å²) in [5.41, 5.74) is 0.772. The summed E-state index contributed by atoms with van der Waals surface area (Å²) in [5, 5.41) is 14.9. The van der Waals surface area contributed by atoms with Crippen LogP contribution in [0.5, 0.6) is 0 Å². The Balaban J connectivity index is 1.81. The van der Waals surface area contributed by atoms with Crippen LogP contribution in [0.15, 0.2) is 36.4 Å². The summed E-state index contributed by atoms with van der Waals surface area (Å²) in [6.07, 6.45) is -4.14. The van der Waals surface area contributed by atoms with E-state index in [1.165, 1.54) is 6.07 Å². The van der Waals surface area contributed by atoms with Crippen molar-refractivity contribution in [2.45, 2.75) is 25.1 Å². The minimum Gasteiger partial charge on any atom is -0.481 e. The molecule has 0 bridgehead atoms. The second kappa shape index (κ2) is 6.67. The molecule has 28 heavy (non-hydrogen) atoms. The largest absolute Gasteiger partial charge is 0.481 e. The van der Waals surface area contributed by atoms with Crippen molar-refractivity contribution in [1.29, 1.82) is 0 Å². The maximum absolute atomic E-state index is 13.2. The highest BCUT2D eigenvalue weighted by Crippen LogP contribution is 2.49. The van der Waals surface area contributed by atoms with Crippen molar-refractivity contribution in [3.8, 4) is 0 Å². The lowest BCUT2D eigenvalue weighted by molar-refractivity contribution is -0.139. The van der Waals surface area contributed by atoms with Gasteiger partial charge in [-0.2, -0.15) is 18.3 Å². The van der Waals surface area contributed by atoms with Crippen LogP contribution in [0.1, 0.15) is 29.2 Å². The molecule has 0 radical (unpaired) electrons. The number of hydrogen-bond acceptors (Lipinski definition) is 2. The van der Waals surface area contributed by atoms with Crippen LogP contribution in [0.4, 0.5) is 13.2 Å². The van der Waals surface area contributed by atoms with E-state index in [9.17, 15) is 23.1 Å². The van der Waals surface area contributed by atoms with E-state index in [2.05, 4.69) is 5.10 Å². The molecule has 1 N–H and O–H groups in total. The number of hydrogen-bond donors (Lipinski definition) is 1. The fourth-order valence-electron chi connectivity index (χ4n) is 3.36. The van der Waals surface area contributed by atoms with Crippen molar-refractivity contribution in [2.24, 2.45) is 5.92 Å². The van der Waals surface area contributed by atoms with Crippen molar-refractivity contribution in [3.05, 3.63) is 63.3 Å². The van der Waals surface area contributed by atoms with Crippen LogP contribution in [-0.4, -0.2) is 20.9 Å². The highest BCUT2D eigenvalue weighted by molar-refractivity contribution is 6.35. The van der Waals surface area contributed by atoms with Crippen LogP contribution in [0.2, 0.25) is 10.0 Å². The van der Waals surface area contributed by atoms with Gasteiger partial charge in [0.05, 0.1) is 29.2 Å². The lowest BCUT2D eigenvalue weighted by Gasteiger charge is -2.08. The summed E-state index contributed by atoms with van der Waals surface area (Å²) in [4.78, 5) is 11.2. The molecule has 4 nitrogen and oxygen atoms in total. The maximum Gasteiger partial charge on any atom is 0.416 e. The van der Waals surface area contributed by atoms with Crippen molar-refractivity contribution in [2.75, 3.05) is 0 Å². The average Bonchev–Trinajstić information content (AvgIpc) is 3.33. The van der Waals surface area contributed by atoms with Gasteiger partial charge in [0.25, 0.3) is 0 Å². The number of rotatable bonds is 4. The summed E-state index contributed by atoms with van der Waals surface area (Å²) in [6, 6.07) is 8.35. The van der Waals surface area contributed by atoms with E-state index in [0.29, 0.717) is 38.6 Å². The first-order valence-electron chi connectivity index (χ1n) is 8.39. The molecule has 0 spiro atoms. The van der Waals surface area contributed by atoms with Crippen LogP contribution in [0.25, 0.3) is 10.9 Å². The zero-order valence-electron chi connectivity index (χ0n) is 14.2. The van der Waals surface area contributed by atoms with Gasteiger partial charge in [0.15, 0.2) is 0 Å². The number of carboxylic acids is 1. The number of carbonyl (C=O) groups is 1. The second-order valence-corrected chi connectivity index (χ2v) is 7.64. The van der Waals surface area contributed by atoms with E-state index in [-0.39, 0.29) is 6.54 Å². The van der Waals surface area contributed by atoms with Crippen molar-refractivity contribution in [3.63, 3.8) is 0 Å². The van der Waals surface area contributed by atoms with E-state index in [1.54, 1.807) is 22.9 Å². The Bertz CT molecular complexity index is 1090. The van der Waals surface area contributed by atoms with E-state index in [4.69, 9.17) is 23.2 Å². The molecule has 2 aromatic carbocycles. The van der Waals surface area contributed by atoms with Crippen LogP contribution >= 0.6 is 23.2 Å². The molecule has 1 saturated carbocycles. The highest BCUT2D eigenvalue weighted by atomic mass is 35.5. The predicted octanol–water partition coefficient (Wildman–Crippen LogP) is 5.60. The summed E-state index contributed by atoms with van der Waals surface area (Å²) in [5.74, 6) is -1.99. The van der Waals surface area contributed by atoms with Gasteiger partial charge in [0, 0.05) is 21.3 Å². The van der Waals surface area contributed by atoms with E-state index < -0.39 is 29.5 Å². The zero-order chi connectivity index (χ0) is 20.2. The van der Waals surface area contributed by atoms with E-state index in [1.807, 2.05) is 0 Å². The highest BCUT2D eigenvalue weighted by Gasteiger charge is 2.47. The molecule has 1 fully saturated rings. The predicted molar refractivity (Wildman–Crippen MR) is 98.8 cm³/mol. The van der Waals surface area contributed by atoms with Crippen molar-refractivity contribution >= 4 is 40.1 Å². The number of benzene rings is 2. The topological polar surface area (TPSA) is 55.1 Å². The Kier molecular flexibility index (Phi) is 4.55. The SMILES string of the molecule is O=C(O)C1CC1c1nn(Cc2ccc(Cl)cc2Cl)c2ccc(C(F)(F)F)cc12. The molecule has 9 heteroatoms. The Labute approximate surface area is 167 Å². The first-order valence-corrected chi connectivity index (χ1v) is 9.15. The molecular formula is C19H13Cl2F3N2O2. The molecule has 4 rings (SSSR count). The number of aromatic nitrogens is 2. The Hall–Kier alpha value is -2.25. The summed E-state index contributed by atoms with van der Waals surface area (Å²) in [6.45, 7) is 0.225. The molecule has 0 saturated heterocycles. The Morgan fingerprint density at radius 1 is 1.21 bits per heavy atom. The lowest BCUT2D eigenvalue weighted by atomic mass is 10.1. The monoisotopic (exact) mass is 428 g/mol. The number of alkyl halides is 3. The minimum absolute atomic E-state index is 0.225. The van der Waals surface area contributed by atoms with Crippen molar-refractivity contribution in [1.82, 2.24) is 9.78 Å². The van der Waals surface area contributed by atoms with Gasteiger partial charge < -0.3 is 5.11 Å². The van der Waals surface area contributed by atoms with Crippen LogP contribution in [0.3, 0.4) is 0 Å². The van der Waals surface area contributed by atoms with Gasteiger partial charge in [-0.25, -0.2) is 0 Å². The standard InChI is InChI=1S/C19H13Cl2F3N2O2/c20-11-3-1-9(15(21)6-11)8-26-16-4-2-10(19(22,23)24)5-14(16)17(25-26)12-7-13(12)18(27)28/h1-6,12-13H,7-8H2,(H,27,28). The first kappa shape index (κ1) is 19.1. The number of aliphatic carboxylic acids is 1. The third-order valence-electron chi connectivity index (χ3n) is 4.90. The summed E-state index contributed by atoms with van der Waals surface area (Å²) >= 11 is 12.1. The number of nitrogens with zero attached hydrogens (tertiary/aromatic N) is 2. The third kappa shape index (κ3) is 3.44. The van der Waals surface area contributed by atoms with Crippen LogP contribution in [-0.2, 0) is 17.5 Å². The average molecular weight is 429 g/mol. The molecule has 0 amide bonds. The normalized spacial score (nSPS) is 19.2. The number of fused-ring (bicyclic) bond motifs is 1. The molecule has 1 aromatic heterocycles. The number of halogens is 5. The van der Waals surface area contributed by atoms with Gasteiger partial charge in [-0.05, 0) is 42.3 Å². The zero-order valence-corrected chi connectivity index (χ0v) is 15.7. The third-order valence-corrected chi connectivity index (χ3v) is 5.49. The molecule has 0 aliphatic heterocycles. The van der Waals surface area contributed by atoms with Gasteiger partial charge in [-0.3, -0.25) is 9.48 Å².